The number of benzene rings is 2. The topological polar surface area (TPSA) is 69.7 Å². The number of fused-ring (bicyclic) bond motifs is 7. The van der Waals surface area contributed by atoms with Crippen LogP contribution < -0.4 is 10.2 Å². The largest absolute Gasteiger partial charge is 0.323 e. The molecule has 3 fully saturated rings. The van der Waals surface area contributed by atoms with E-state index in [1.54, 1.807) is 30.3 Å². The summed E-state index contributed by atoms with van der Waals surface area (Å²) in [5.74, 6) is -2.21. The van der Waals surface area contributed by atoms with E-state index in [2.05, 4.69) is 10.2 Å². The maximum absolute atomic E-state index is 13.8. The molecule has 4 aliphatic heterocycles. The van der Waals surface area contributed by atoms with E-state index >= 15 is 0 Å². The molecule has 3 amide bonds. The third-order valence-corrected chi connectivity index (χ3v) is 7.83. The monoisotopic (exact) mass is 455 g/mol. The molecule has 0 saturated carbocycles. The van der Waals surface area contributed by atoms with Crippen LogP contribution in [0, 0.1) is 18.8 Å². The van der Waals surface area contributed by atoms with Gasteiger partial charge in [0, 0.05) is 16.6 Å². The van der Waals surface area contributed by atoms with Gasteiger partial charge in [-0.1, -0.05) is 29.3 Å². The number of aryl methyl sites for hydroxylation is 1. The third-order valence-electron chi connectivity index (χ3n) is 7.28. The van der Waals surface area contributed by atoms with E-state index in [4.69, 9.17) is 23.2 Å². The molecule has 2 aromatic carbocycles. The average molecular weight is 456 g/mol. The summed E-state index contributed by atoms with van der Waals surface area (Å²) in [6.45, 7) is 2.58. The lowest BCUT2D eigenvalue weighted by Crippen LogP contribution is -2.54. The van der Waals surface area contributed by atoms with Crippen LogP contribution in [0.5, 0.6) is 0 Å². The van der Waals surface area contributed by atoms with Gasteiger partial charge in [0.15, 0.2) is 0 Å². The number of carbonyl (C=O) groups excluding carboxylic acids is 3. The molecule has 3 saturated heterocycles. The van der Waals surface area contributed by atoms with Crippen LogP contribution in [0.3, 0.4) is 0 Å². The van der Waals surface area contributed by atoms with Crippen molar-refractivity contribution in [2.75, 3.05) is 16.8 Å². The molecule has 1 spiro atoms. The number of hydrogen-bond donors (Lipinski definition) is 1. The van der Waals surface area contributed by atoms with Crippen LogP contribution in [0.15, 0.2) is 36.4 Å². The second kappa shape index (κ2) is 6.31. The predicted octanol–water partition coefficient (Wildman–Crippen LogP) is 3.73. The number of hydrogen-bond acceptors (Lipinski definition) is 4. The van der Waals surface area contributed by atoms with Crippen molar-refractivity contribution < 1.29 is 14.4 Å². The first-order chi connectivity index (χ1) is 14.9. The SMILES string of the molecule is Cc1cc(Cl)c2c(c1)[C@]1(C(=O)N2)[C@@H]2C(=O)N(c3ccc(Cl)cc3)C(=O)[C@H]2[C@@H]2CCCN21. The Morgan fingerprint density at radius 2 is 1.81 bits per heavy atom. The number of nitrogens with zero attached hydrogens (tertiary/aromatic N) is 2. The molecule has 0 aliphatic carbocycles. The Bertz CT molecular complexity index is 1180. The molecule has 0 radical (unpaired) electrons. The maximum Gasteiger partial charge on any atom is 0.250 e. The summed E-state index contributed by atoms with van der Waals surface area (Å²) in [5, 5.41) is 3.91. The molecule has 0 aromatic heterocycles. The van der Waals surface area contributed by atoms with Gasteiger partial charge in [-0.3, -0.25) is 19.3 Å². The van der Waals surface area contributed by atoms with Gasteiger partial charge in [0.2, 0.25) is 11.8 Å². The van der Waals surface area contributed by atoms with Gasteiger partial charge >= 0.3 is 0 Å². The summed E-state index contributed by atoms with van der Waals surface area (Å²) in [7, 11) is 0. The Morgan fingerprint density at radius 1 is 1.06 bits per heavy atom. The van der Waals surface area contributed by atoms with Gasteiger partial charge in [0.1, 0.15) is 5.54 Å². The number of rotatable bonds is 1. The van der Waals surface area contributed by atoms with Crippen molar-refractivity contribution in [2.45, 2.75) is 31.3 Å². The second-order valence-corrected chi connectivity index (χ2v) is 9.63. The van der Waals surface area contributed by atoms with Crippen molar-refractivity contribution in [3.63, 3.8) is 0 Å². The van der Waals surface area contributed by atoms with Gasteiger partial charge in [-0.05, 0) is 62.2 Å². The molecular formula is C23H19Cl2N3O3. The van der Waals surface area contributed by atoms with Gasteiger partial charge in [-0.2, -0.15) is 0 Å². The van der Waals surface area contributed by atoms with Crippen LogP contribution >= 0.6 is 23.2 Å². The zero-order chi connectivity index (χ0) is 21.7. The highest BCUT2D eigenvalue weighted by molar-refractivity contribution is 6.35. The Balaban J connectivity index is 1.57. The fourth-order valence-electron chi connectivity index (χ4n) is 6.24. The molecule has 4 aliphatic rings. The van der Waals surface area contributed by atoms with Gasteiger partial charge in [0.25, 0.3) is 5.91 Å². The van der Waals surface area contributed by atoms with Crippen molar-refractivity contribution in [2.24, 2.45) is 11.8 Å². The summed E-state index contributed by atoms with van der Waals surface area (Å²) >= 11 is 12.5. The van der Waals surface area contributed by atoms with E-state index in [9.17, 15) is 14.4 Å². The van der Waals surface area contributed by atoms with Crippen molar-refractivity contribution in [3.8, 4) is 0 Å². The molecular weight excluding hydrogens is 437 g/mol. The average Bonchev–Trinajstić information content (AvgIpc) is 3.42. The maximum atomic E-state index is 13.8. The smallest absolute Gasteiger partial charge is 0.250 e. The number of imide groups is 1. The van der Waals surface area contributed by atoms with Crippen LogP contribution in [-0.4, -0.2) is 35.2 Å². The van der Waals surface area contributed by atoms with Crippen molar-refractivity contribution >= 4 is 52.3 Å². The highest BCUT2D eigenvalue weighted by Crippen LogP contribution is 2.61. The third kappa shape index (κ3) is 2.25. The molecule has 8 heteroatoms. The van der Waals surface area contributed by atoms with Crippen molar-refractivity contribution in [1.82, 2.24) is 4.90 Å². The van der Waals surface area contributed by atoms with E-state index < -0.39 is 17.4 Å². The van der Waals surface area contributed by atoms with Gasteiger partial charge in [-0.15, -0.1) is 0 Å². The van der Waals surface area contributed by atoms with Crippen LogP contribution in [0.1, 0.15) is 24.0 Å². The number of halogens is 2. The molecule has 0 bridgehead atoms. The fraction of sp³-hybridized carbons (Fsp3) is 0.348. The van der Waals surface area contributed by atoms with Crippen LogP contribution in [0.2, 0.25) is 10.0 Å². The first-order valence-corrected chi connectivity index (χ1v) is 11.1. The summed E-state index contributed by atoms with van der Waals surface area (Å²) in [5.41, 5.74) is 1.43. The van der Waals surface area contributed by atoms with Gasteiger partial charge in [0.05, 0.1) is 28.2 Å². The molecule has 0 unspecified atom stereocenters. The van der Waals surface area contributed by atoms with Crippen LogP contribution in [0.4, 0.5) is 11.4 Å². The van der Waals surface area contributed by atoms with E-state index in [0.29, 0.717) is 33.5 Å². The minimum Gasteiger partial charge on any atom is -0.323 e. The number of carbonyl (C=O) groups is 3. The van der Waals surface area contributed by atoms with Gasteiger partial charge in [-0.25, -0.2) is 4.90 Å². The molecule has 31 heavy (non-hydrogen) atoms. The number of amides is 3. The zero-order valence-electron chi connectivity index (χ0n) is 16.7. The van der Waals surface area contributed by atoms with Crippen LogP contribution in [0.25, 0.3) is 0 Å². The first kappa shape index (κ1) is 19.3. The standard InChI is InChI=1S/C23H19Cl2N3O3/c1-11-9-14-19(15(25)10-11)26-22(31)23(14)18-17(16-3-2-8-27(16)23)20(29)28(21(18)30)13-6-4-12(24)5-7-13/h4-7,9-10,16-18H,2-3,8H2,1H3,(H,26,31)/t16-,17-,18-,23+/m0/s1. The Hall–Kier alpha value is -2.41. The molecule has 4 heterocycles. The summed E-state index contributed by atoms with van der Waals surface area (Å²) in [4.78, 5) is 44.4. The summed E-state index contributed by atoms with van der Waals surface area (Å²) in [6.07, 6.45) is 1.65. The minimum absolute atomic E-state index is 0.158. The Kier molecular flexibility index (Phi) is 3.93. The van der Waals surface area contributed by atoms with E-state index in [-0.39, 0.29) is 23.8 Å². The molecule has 4 atom stereocenters. The Morgan fingerprint density at radius 3 is 2.55 bits per heavy atom. The fourth-order valence-corrected chi connectivity index (χ4v) is 6.69. The predicted molar refractivity (Wildman–Crippen MR) is 117 cm³/mol. The van der Waals surface area contributed by atoms with Gasteiger partial charge < -0.3 is 5.32 Å². The first-order valence-electron chi connectivity index (χ1n) is 10.4. The molecule has 2 aromatic rings. The summed E-state index contributed by atoms with van der Waals surface area (Å²) in [6, 6.07) is 10.2. The summed E-state index contributed by atoms with van der Waals surface area (Å²) < 4.78 is 0. The molecule has 6 nitrogen and oxygen atoms in total. The highest BCUT2D eigenvalue weighted by Gasteiger charge is 2.74. The lowest BCUT2D eigenvalue weighted by atomic mass is 9.75. The van der Waals surface area contributed by atoms with E-state index in [0.717, 1.165) is 18.4 Å². The number of nitrogens with one attached hydrogen (secondary N) is 1. The zero-order valence-corrected chi connectivity index (χ0v) is 18.2. The molecule has 6 rings (SSSR count). The normalized spacial score (nSPS) is 31.4. The minimum atomic E-state index is -1.22. The van der Waals surface area contributed by atoms with Crippen molar-refractivity contribution in [3.05, 3.63) is 57.6 Å². The van der Waals surface area contributed by atoms with E-state index in [1.807, 2.05) is 13.0 Å². The molecule has 158 valence electrons. The second-order valence-electron chi connectivity index (χ2n) is 8.78. The van der Waals surface area contributed by atoms with Crippen molar-refractivity contribution in [1.29, 1.82) is 0 Å². The lowest BCUT2D eigenvalue weighted by Gasteiger charge is -2.36. The van der Waals surface area contributed by atoms with Crippen LogP contribution in [-0.2, 0) is 19.9 Å². The molecule has 1 N–H and O–H groups in total. The lowest BCUT2D eigenvalue weighted by molar-refractivity contribution is -0.135. The van der Waals surface area contributed by atoms with E-state index in [1.165, 1.54) is 4.90 Å². The highest BCUT2D eigenvalue weighted by atomic mass is 35.5. The quantitative estimate of drug-likeness (QED) is 0.665. The Labute approximate surface area is 189 Å². The number of anilines is 2.